The molecule has 0 unspecified atom stereocenters. The van der Waals surface area contributed by atoms with Crippen molar-refractivity contribution in [1.29, 1.82) is 0 Å². The number of hydrogen-bond acceptors (Lipinski definition) is 6. The molecule has 3 rings (SSSR count). The molecule has 1 amide bonds. The summed E-state index contributed by atoms with van der Waals surface area (Å²) in [7, 11) is 1.58. The van der Waals surface area contributed by atoms with Gasteiger partial charge in [-0.1, -0.05) is 30.3 Å². The maximum absolute atomic E-state index is 12.2. The number of amides is 1. The molecule has 8 heteroatoms. The van der Waals surface area contributed by atoms with E-state index in [0.717, 1.165) is 5.56 Å². The summed E-state index contributed by atoms with van der Waals surface area (Å²) < 4.78 is 5.32. The van der Waals surface area contributed by atoms with Crippen LogP contribution in [-0.4, -0.2) is 22.9 Å². The third-order valence-corrected chi connectivity index (χ3v) is 4.43. The summed E-state index contributed by atoms with van der Waals surface area (Å²) in [6, 6.07) is 13.6. The van der Waals surface area contributed by atoms with Crippen molar-refractivity contribution in [1.82, 2.24) is 4.98 Å². The highest BCUT2D eigenvalue weighted by Crippen LogP contribution is 2.32. The van der Waals surface area contributed by atoms with Crippen LogP contribution in [0.5, 0.6) is 5.75 Å². The van der Waals surface area contributed by atoms with E-state index in [4.69, 9.17) is 4.74 Å². The Hall–Kier alpha value is -3.26. The molecule has 7 nitrogen and oxygen atoms in total. The van der Waals surface area contributed by atoms with Gasteiger partial charge >= 0.3 is 0 Å². The van der Waals surface area contributed by atoms with Crippen LogP contribution in [0, 0.1) is 10.1 Å². The molecule has 1 N–H and O–H groups in total. The Bertz CT molecular complexity index is 955. The zero-order valence-corrected chi connectivity index (χ0v) is 14.7. The number of carbonyl (C=O) groups is 1. The fourth-order valence-electron chi connectivity index (χ4n) is 2.49. The Labute approximate surface area is 153 Å². The second kappa shape index (κ2) is 7.75. The van der Waals surface area contributed by atoms with Gasteiger partial charge in [-0.25, -0.2) is 4.98 Å². The lowest BCUT2D eigenvalue weighted by Gasteiger charge is -2.05. The number of anilines is 1. The molecule has 0 saturated carbocycles. The third-order valence-electron chi connectivity index (χ3n) is 3.67. The number of aromatic nitrogens is 1. The molecule has 1 aromatic heterocycles. The highest BCUT2D eigenvalue weighted by atomic mass is 32.1. The van der Waals surface area contributed by atoms with Crippen LogP contribution in [-0.2, 0) is 11.2 Å². The molecule has 0 fully saturated rings. The van der Waals surface area contributed by atoms with Gasteiger partial charge in [0.05, 0.1) is 24.1 Å². The molecule has 0 bridgehead atoms. The number of methoxy groups -OCH3 is 1. The fraction of sp³-hybridized carbons (Fsp3) is 0.111. The van der Waals surface area contributed by atoms with E-state index >= 15 is 0 Å². The molecule has 26 heavy (non-hydrogen) atoms. The molecule has 0 aliphatic carbocycles. The first-order valence-corrected chi connectivity index (χ1v) is 8.57. The predicted molar refractivity (Wildman–Crippen MR) is 99.5 cm³/mol. The summed E-state index contributed by atoms with van der Waals surface area (Å²) in [6.07, 6.45) is -0.0965. The Morgan fingerprint density at radius 2 is 1.96 bits per heavy atom. The minimum absolute atomic E-state index is 0.0727. The van der Waals surface area contributed by atoms with E-state index in [1.54, 1.807) is 25.3 Å². The number of nitro groups is 1. The number of nitro benzene ring substituents is 1. The standard InChI is InChI=1S/C18H15N3O4S/c1-25-16-9-5-3-7-13(16)14-11-26-18(19-14)20-17(22)10-12-6-2-4-8-15(12)21(23)24/h2-9,11H,10H2,1H3,(H,19,20,22). The first-order chi connectivity index (χ1) is 12.6. The number of rotatable bonds is 6. The molecule has 0 aliphatic rings. The topological polar surface area (TPSA) is 94.4 Å². The second-order valence-electron chi connectivity index (χ2n) is 5.35. The number of benzene rings is 2. The van der Waals surface area contributed by atoms with Crippen molar-refractivity contribution in [3.8, 4) is 17.0 Å². The minimum atomic E-state index is -0.494. The van der Waals surface area contributed by atoms with Gasteiger partial charge < -0.3 is 10.1 Å². The average molecular weight is 369 g/mol. The quantitative estimate of drug-likeness (QED) is 0.525. The van der Waals surface area contributed by atoms with Crippen molar-refractivity contribution in [2.75, 3.05) is 12.4 Å². The first kappa shape index (κ1) is 17.6. The third kappa shape index (κ3) is 3.86. The van der Waals surface area contributed by atoms with Crippen molar-refractivity contribution in [2.45, 2.75) is 6.42 Å². The summed E-state index contributed by atoms with van der Waals surface area (Å²) in [5.74, 6) is 0.329. The molecule has 0 saturated heterocycles. The summed E-state index contributed by atoms with van der Waals surface area (Å²) in [5.41, 5.74) is 1.80. The lowest BCUT2D eigenvalue weighted by Crippen LogP contribution is -2.15. The summed E-state index contributed by atoms with van der Waals surface area (Å²) >= 11 is 1.28. The number of nitrogens with one attached hydrogen (secondary N) is 1. The van der Waals surface area contributed by atoms with Crippen molar-refractivity contribution in [3.63, 3.8) is 0 Å². The summed E-state index contributed by atoms with van der Waals surface area (Å²) in [5, 5.41) is 16.0. The number of carbonyl (C=O) groups excluding carboxylic acids is 1. The van der Waals surface area contributed by atoms with Crippen LogP contribution in [0.2, 0.25) is 0 Å². The van der Waals surface area contributed by atoms with E-state index in [0.29, 0.717) is 22.1 Å². The van der Waals surface area contributed by atoms with Gasteiger partial charge in [0, 0.05) is 22.6 Å². The van der Waals surface area contributed by atoms with Crippen LogP contribution >= 0.6 is 11.3 Å². The van der Waals surface area contributed by atoms with Gasteiger partial charge in [-0.05, 0) is 12.1 Å². The van der Waals surface area contributed by atoms with E-state index in [9.17, 15) is 14.9 Å². The number of hydrogen-bond donors (Lipinski definition) is 1. The van der Waals surface area contributed by atoms with E-state index < -0.39 is 4.92 Å². The Balaban J connectivity index is 1.74. The van der Waals surface area contributed by atoms with Gasteiger partial charge in [0.2, 0.25) is 5.91 Å². The zero-order valence-electron chi connectivity index (χ0n) is 13.8. The highest BCUT2D eigenvalue weighted by molar-refractivity contribution is 7.14. The van der Waals surface area contributed by atoms with Gasteiger partial charge in [0.25, 0.3) is 5.69 Å². The van der Waals surface area contributed by atoms with Crippen LogP contribution < -0.4 is 10.1 Å². The van der Waals surface area contributed by atoms with Gasteiger partial charge in [-0.15, -0.1) is 11.3 Å². The molecule has 1 heterocycles. The maximum atomic E-state index is 12.2. The van der Waals surface area contributed by atoms with Gasteiger partial charge in [0.1, 0.15) is 5.75 Å². The number of thiazole rings is 1. The number of ether oxygens (including phenoxy) is 1. The van der Waals surface area contributed by atoms with E-state index in [1.165, 1.54) is 17.4 Å². The van der Waals surface area contributed by atoms with Crippen LogP contribution in [0.1, 0.15) is 5.56 Å². The highest BCUT2D eigenvalue weighted by Gasteiger charge is 2.17. The Morgan fingerprint density at radius 1 is 1.23 bits per heavy atom. The van der Waals surface area contributed by atoms with E-state index in [2.05, 4.69) is 10.3 Å². The van der Waals surface area contributed by atoms with Gasteiger partial charge in [0.15, 0.2) is 5.13 Å². The smallest absolute Gasteiger partial charge is 0.273 e. The number of para-hydroxylation sites is 2. The normalized spacial score (nSPS) is 10.3. The Kier molecular flexibility index (Phi) is 5.23. The minimum Gasteiger partial charge on any atom is -0.496 e. The molecule has 0 radical (unpaired) electrons. The lowest BCUT2D eigenvalue weighted by molar-refractivity contribution is -0.385. The van der Waals surface area contributed by atoms with Gasteiger partial charge in [-0.2, -0.15) is 0 Å². The largest absolute Gasteiger partial charge is 0.496 e. The molecule has 0 aliphatic heterocycles. The van der Waals surface area contributed by atoms with Crippen LogP contribution in [0.3, 0.4) is 0 Å². The molecule has 0 spiro atoms. The number of nitrogens with zero attached hydrogens (tertiary/aromatic N) is 2. The van der Waals surface area contributed by atoms with E-state index in [-0.39, 0.29) is 18.0 Å². The second-order valence-corrected chi connectivity index (χ2v) is 6.21. The average Bonchev–Trinajstić information content (AvgIpc) is 3.10. The molecular weight excluding hydrogens is 354 g/mol. The van der Waals surface area contributed by atoms with Crippen LogP contribution in [0.25, 0.3) is 11.3 Å². The van der Waals surface area contributed by atoms with Crippen molar-refractivity contribution >= 4 is 28.1 Å². The van der Waals surface area contributed by atoms with Crippen molar-refractivity contribution in [3.05, 3.63) is 69.6 Å². The summed E-state index contributed by atoms with van der Waals surface area (Å²) in [4.78, 5) is 27.2. The predicted octanol–water partition coefficient (Wildman–Crippen LogP) is 3.91. The monoisotopic (exact) mass is 369 g/mol. The molecular formula is C18H15N3O4S. The van der Waals surface area contributed by atoms with Crippen molar-refractivity contribution < 1.29 is 14.5 Å². The van der Waals surface area contributed by atoms with Crippen LogP contribution in [0.15, 0.2) is 53.9 Å². The summed E-state index contributed by atoms with van der Waals surface area (Å²) in [6.45, 7) is 0. The van der Waals surface area contributed by atoms with E-state index in [1.807, 2.05) is 29.6 Å². The van der Waals surface area contributed by atoms with Crippen molar-refractivity contribution in [2.24, 2.45) is 0 Å². The maximum Gasteiger partial charge on any atom is 0.273 e. The molecule has 0 atom stereocenters. The molecule has 2 aromatic carbocycles. The zero-order chi connectivity index (χ0) is 18.5. The molecule has 3 aromatic rings. The van der Waals surface area contributed by atoms with Crippen LogP contribution in [0.4, 0.5) is 10.8 Å². The van der Waals surface area contributed by atoms with Gasteiger partial charge in [-0.3, -0.25) is 14.9 Å². The lowest BCUT2D eigenvalue weighted by atomic mass is 10.1. The molecule has 132 valence electrons. The Morgan fingerprint density at radius 3 is 2.73 bits per heavy atom. The SMILES string of the molecule is COc1ccccc1-c1csc(NC(=O)Cc2ccccc2[N+](=O)[O-])n1. The first-order valence-electron chi connectivity index (χ1n) is 7.69. The fourth-order valence-corrected chi connectivity index (χ4v) is 3.21.